The molecule has 0 bridgehead atoms. The molecule has 124 valence electrons. The van der Waals surface area contributed by atoms with Crippen molar-refractivity contribution in [2.45, 2.75) is 26.3 Å². The molecule has 7 nitrogen and oxygen atoms in total. The number of hydrogen-bond acceptors (Lipinski definition) is 6. The molecule has 0 aliphatic carbocycles. The van der Waals surface area contributed by atoms with E-state index in [4.69, 9.17) is 10.5 Å². The molecule has 2 heterocycles. The Labute approximate surface area is 137 Å². The molecule has 1 saturated heterocycles. The Kier molecular flexibility index (Phi) is 7.34. The van der Waals surface area contributed by atoms with Gasteiger partial charge in [0.25, 0.3) is 0 Å². The SMILES string of the molecule is CCOc1ccnc(N2CCCN(C(=O)C(C)N)CC2)n1.Cl. The second-order valence-corrected chi connectivity index (χ2v) is 5.08. The fraction of sp³-hybridized carbons (Fsp3) is 0.643. The summed E-state index contributed by atoms with van der Waals surface area (Å²) in [6.07, 6.45) is 2.57. The molecule has 0 aromatic carbocycles. The maximum Gasteiger partial charge on any atom is 0.239 e. The van der Waals surface area contributed by atoms with Crippen molar-refractivity contribution >= 4 is 24.3 Å². The predicted octanol–water partition coefficient (Wildman–Crippen LogP) is 0.683. The van der Waals surface area contributed by atoms with Crippen molar-refractivity contribution in [1.82, 2.24) is 14.9 Å². The topological polar surface area (TPSA) is 84.6 Å². The average molecular weight is 330 g/mol. The van der Waals surface area contributed by atoms with Crippen LogP contribution in [-0.2, 0) is 4.79 Å². The summed E-state index contributed by atoms with van der Waals surface area (Å²) < 4.78 is 5.40. The highest BCUT2D eigenvalue weighted by molar-refractivity contribution is 5.85. The lowest BCUT2D eigenvalue weighted by molar-refractivity contribution is -0.131. The smallest absolute Gasteiger partial charge is 0.239 e. The first-order chi connectivity index (χ1) is 10.1. The summed E-state index contributed by atoms with van der Waals surface area (Å²) in [6.45, 7) is 7.11. The lowest BCUT2D eigenvalue weighted by atomic mass is 10.3. The van der Waals surface area contributed by atoms with Crippen molar-refractivity contribution in [3.05, 3.63) is 12.3 Å². The molecule has 0 spiro atoms. The number of aromatic nitrogens is 2. The van der Waals surface area contributed by atoms with E-state index in [0.29, 0.717) is 31.5 Å². The molecule has 1 amide bonds. The second kappa shape index (κ2) is 8.75. The lowest BCUT2D eigenvalue weighted by Crippen LogP contribution is -2.43. The highest BCUT2D eigenvalue weighted by atomic mass is 35.5. The first kappa shape index (κ1) is 18.4. The number of anilines is 1. The van der Waals surface area contributed by atoms with Crippen molar-refractivity contribution in [2.75, 3.05) is 37.7 Å². The fourth-order valence-corrected chi connectivity index (χ4v) is 2.34. The second-order valence-electron chi connectivity index (χ2n) is 5.08. The highest BCUT2D eigenvalue weighted by Gasteiger charge is 2.22. The molecule has 1 aromatic heterocycles. The van der Waals surface area contributed by atoms with Crippen LogP contribution in [0.3, 0.4) is 0 Å². The van der Waals surface area contributed by atoms with Gasteiger partial charge in [0.05, 0.1) is 12.6 Å². The standard InChI is InChI=1S/C14H23N5O2.ClH/c1-3-21-12-5-6-16-14(17-12)19-8-4-7-18(9-10-19)13(20)11(2)15;/h5-6,11H,3-4,7-10,15H2,1-2H3;1H. The van der Waals surface area contributed by atoms with Crippen molar-refractivity contribution in [2.24, 2.45) is 5.73 Å². The van der Waals surface area contributed by atoms with Crippen LogP contribution in [0.2, 0.25) is 0 Å². The van der Waals surface area contributed by atoms with Gasteiger partial charge in [0, 0.05) is 38.4 Å². The Balaban J connectivity index is 0.00000242. The minimum absolute atomic E-state index is 0. The zero-order chi connectivity index (χ0) is 15.2. The van der Waals surface area contributed by atoms with E-state index in [1.54, 1.807) is 19.2 Å². The predicted molar refractivity (Wildman–Crippen MR) is 87.5 cm³/mol. The number of hydrogen-bond donors (Lipinski definition) is 1. The van der Waals surface area contributed by atoms with Crippen LogP contribution in [0.5, 0.6) is 5.88 Å². The summed E-state index contributed by atoms with van der Waals surface area (Å²) in [7, 11) is 0. The molecular weight excluding hydrogens is 306 g/mol. The van der Waals surface area contributed by atoms with Crippen LogP contribution in [0.15, 0.2) is 12.3 Å². The van der Waals surface area contributed by atoms with E-state index in [2.05, 4.69) is 14.9 Å². The van der Waals surface area contributed by atoms with Crippen molar-refractivity contribution in [3.63, 3.8) is 0 Å². The lowest BCUT2D eigenvalue weighted by Gasteiger charge is -2.23. The summed E-state index contributed by atoms with van der Waals surface area (Å²) in [6, 6.07) is 1.30. The molecule has 1 aliphatic rings. The minimum Gasteiger partial charge on any atom is -0.478 e. The summed E-state index contributed by atoms with van der Waals surface area (Å²) in [4.78, 5) is 24.6. The fourth-order valence-electron chi connectivity index (χ4n) is 2.34. The van der Waals surface area contributed by atoms with E-state index >= 15 is 0 Å². The molecule has 2 N–H and O–H groups in total. The number of nitrogens with two attached hydrogens (primary N) is 1. The van der Waals surface area contributed by atoms with Gasteiger partial charge in [-0.2, -0.15) is 4.98 Å². The van der Waals surface area contributed by atoms with E-state index in [1.807, 2.05) is 11.8 Å². The molecule has 22 heavy (non-hydrogen) atoms. The van der Waals surface area contributed by atoms with E-state index in [-0.39, 0.29) is 18.3 Å². The van der Waals surface area contributed by atoms with Gasteiger partial charge in [-0.05, 0) is 20.3 Å². The van der Waals surface area contributed by atoms with Gasteiger partial charge >= 0.3 is 0 Å². The van der Waals surface area contributed by atoms with Crippen molar-refractivity contribution in [1.29, 1.82) is 0 Å². The molecule has 8 heteroatoms. The van der Waals surface area contributed by atoms with E-state index in [9.17, 15) is 4.79 Å². The van der Waals surface area contributed by atoms with Gasteiger partial charge in [0.1, 0.15) is 0 Å². The molecule has 0 saturated carbocycles. The van der Waals surface area contributed by atoms with Gasteiger partial charge in [-0.1, -0.05) is 0 Å². The average Bonchev–Trinajstić information content (AvgIpc) is 2.73. The normalized spacial score (nSPS) is 16.5. The Morgan fingerprint density at radius 1 is 1.41 bits per heavy atom. The zero-order valence-corrected chi connectivity index (χ0v) is 13.9. The van der Waals surface area contributed by atoms with E-state index < -0.39 is 6.04 Å². The molecular formula is C14H24ClN5O2. The van der Waals surface area contributed by atoms with Gasteiger partial charge < -0.3 is 20.3 Å². The summed E-state index contributed by atoms with van der Waals surface area (Å²) in [5.41, 5.74) is 5.67. The monoisotopic (exact) mass is 329 g/mol. The number of carbonyl (C=O) groups is 1. The molecule has 1 aliphatic heterocycles. The number of amides is 1. The number of halogens is 1. The summed E-state index contributed by atoms with van der Waals surface area (Å²) in [5.74, 6) is 1.23. The first-order valence-electron chi connectivity index (χ1n) is 7.37. The third-order valence-corrected chi connectivity index (χ3v) is 3.39. The van der Waals surface area contributed by atoms with Gasteiger partial charge in [-0.3, -0.25) is 4.79 Å². The Morgan fingerprint density at radius 3 is 2.86 bits per heavy atom. The Hall–Kier alpha value is -1.60. The number of nitrogens with zero attached hydrogens (tertiary/aromatic N) is 4. The Bertz CT molecular complexity index is 486. The van der Waals surface area contributed by atoms with Crippen LogP contribution < -0.4 is 15.4 Å². The highest BCUT2D eigenvalue weighted by Crippen LogP contribution is 2.15. The largest absolute Gasteiger partial charge is 0.478 e. The maximum atomic E-state index is 12.0. The summed E-state index contributed by atoms with van der Waals surface area (Å²) >= 11 is 0. The van der Waals surface area contributed by atoms with Crippen LogP contribution in [0.1, 0.15) is 20.3 Å². The van der Waals surface area contributed by atoms with Crippen LogP contribution in [0.25, 0.3) is 0 Å². The van der Waals surface area contributed by atoms with Crippen molar-refractivity contribution < 1.29 is 9.53 Å². The van der Waals surface area contributed by atoms with E-state index in [0.717, 1.165) is 19.5 Å². The zero-order valence-electron chi connectivity index (χ0n) is 13.1. The molecule has 2 rings (SSSR count). The van der Waals surface area contributed by atoms with Crippen LogP contribution in [0, 0.1) is 0 Å². The third kappa shape index (κ3) is 4.71. The number of ether oxygens (including phenoxy) is 1. The van der Waals surface area contributed by atoms with Crippen LogP contribution in [0.4, 0.5) is 5.95 Å². The van der Waals surface area contributed by atoms with Crippen molar-refractivity contribution in [3.8, 4) is 5.88 Å². The molecule has 1 fully saturated rings. The van der Waals surface area contributed by atoms with Gasteiger partial charge in [-0.25, -0.2) is 4.98 Å². The molecule has 0 radical (unpaired) electrons. The van der Waals surface area contributed by atoms with Crippen LogP contribution in [-0.4, -0.2) is 59.6 Å². The molecule has 1 aromatic rings. The summed E-state index contributed by atoms with van der Waals surface area (Å²) in [5, 5.41) is 0. The van der Waals surface area contributed by atoms with Crippen LogP contribution >= 0.6 is 12.4 Å². The Morgan fingerprint density at radius 2 is 2.18 bits per heavy atom. The minimum atomic E-state index is -0.450. The number of rotatable bonds is 4. The van der Waals surface area contributed by atoms with Gasteiger partial charge in [-0.15, -0.1) is 12.4 Å². The molecule has 1 unspecified atom stereocenters. The van der Waals surface area contributed by atoms with Gasteiger partial charge in [0.2, 0.25) is 17.7 Å². The molecule has 1 atom stereocenters. The first-order valence-corrected chi connectivity index (χ1v) is 7.37. The maximum absolute atomic E-state index is 12.0. The van der Waals surface area contributed by atoms with Gasteiger partial charge in [0.15, 0.2) is 0 Å². The number of carbonyl (C=O) groups excluding carboxylic acids is 1. The quantitative estimate of drug-likeness (QED) is 0.874. The third-order valence-electron chi connectivity index (χ3n) is 3.39. The van der Waals surface area contributed by atoms with E-state index in [1.165, 1.54) is 0 Å².